The second-order valence-corrected chi connectivity index (χ2v) is 4.83. The maximum absolute atomic E-state index is 11.9. The number of hydrogen-bond acceptors (Lipinski definition) is 3. The van der Waals surface area contributed by atoms with Gasteiger partial charge in [0, 0.05) is 0 Å². The molecule has 0 spiro atoms. The summed E-state index contributed by atoms with van der Waals surface area (Å²) in [5, 5.41) is 0. The van der Waals surface area contributed by atoms with Crippen molar-refractivity contribution in [3.8, 4) is 5.75 Å². The highest BCUT2D eigenvalue weighted by atomic mass is 16.5. The molecule has 0 aromatic heterocycles. The van der Waals surface area contributed by atoms with E-state index in [1.807, 2.05) is 45.0 Å². The van der Waals surface area contributed by atoms with Crippen molar-refractivity contribution in [3.05, 3.63) is 29.8 Å². The summed E-state index contributed by atoms with van der Waals surface area (Å²) < 4.78 is 10.7. The second-order valence-electron chi connectivity index (χ2n) is 4.83. The van der Waals surface area contributed by atoms with Crippen LogP contribution < -0.4 is 4.74 Å². The van der Waals surface area contributed by atoms with Gasteiger partial charge in [0.15, 0.2) is 0 Å². The minimum atomic E-state index is -0.168. The van der Waals surface area contributed by atoms with Gasteiger partial charge < -0.3 is 9.47 Å². The molecule has 0 fully saturated rings. The van der Waals surface area contributed by atoms with Crippen molar-refractivity contribution in [2.24, 2.45) is 0 Å². The van der Waals surface area contributed by atoms with Gasteiger partial charge in [-0.05, 0) is 44.9 Å². The summed E-state index contributed by atoms with van der Waals surface area (Å²) in [5.41, 5.74) is 0.997. The normalized spacial score (nSPS) is 12.3. The quantitative estimate of drug-likeness (QED) is 0.700. The Balaban J connectivity index is 2.81. The lowest BCUT2D eigenvalue weighted by atomic mass is 9.94. The van der Waals surface area contributed by atoms with E-state index in [4.69, 9.17) is 9.47 Å². The van der Waals surface area contributed by atoms with E-state index in [1.54, 1.807) is 0 Å². The molecule has 0 aliphatic rings. The molecule has 0 saturated carbocycles. The molecule has 0 saturated heterocycles. The van der Waals surface area contributed by atoms with Crippen LogP contribution in [0, 0.1) is 0 Å². The molecule has 106 valence electrons. The summed E-state index contributed by atoms with van der Waals surface area (Å²) in [6.45, 7) is 8.31. The lowest BCUT2D eigenvalue weighted by Gasteiger charge is -2.16. The van der Waals surface area contributed by atoms with E-state index in [0.29, 0.717) is 6.61 Å². The van der Waals surface area contributed by atoms with E-state index in [2.05, 4.69) is 6.92 Å². The first-order chi connectivity index (χ1) is 9.08. The van der Waals surface area contributed by atoms with Crippen LogP contribution in [0.15, 0.2) is 24.3 Å². The molecule has 0 heterocycles. The van der Waals surface area contributed by atoms with Gasteiger partial charge in [0.25, 0.3) is 0 Å². The zero-order valence-electron chi connectivity index (χ0n) is 12.3. The highest BCUT2D eigenvalue weighted by molar-refractivity contribution is 5.78. The van der Waals surface area contributed by atoms with Gasteiger partial charge in [-0.1, -0.05) is 25.5 Å². The van der Waals surface area contributed by atoms with Crippen LogP contribution in [0.5, 0.6) is 5.75 Å². The van der Waals surface area contributed by atoms with E-state index in [9.17, 15) is 4.79 Å². The standard InChI is InChI=1S/C16H24O3/c1-5-7-15(16(17)18-6-2)13-8-10-14(11-9-13)19-12(3)4/h8-12,15H,5-7H2,1-4H3. The van der Waals surface area contributed by atoms with E-state index < -0.39 is 0 Å². The Hall–Kier alpha value is -1.51. The van der Waals surface area contributed by atoms with Crippen LogP contribution in [0.2, 0.25) is 0 Å². The van der Waals surface area contributed by atoms with Gasteiger partial charge in [-0.25, -0.2) is 0 Å². The maximum Gasteiger partial charge on any atom is 0.313 e. The summed E-state index contributed by atoms with van der Waals surface area (Å²) in [6, 6.07) is 7.73. The Morgan fingerprint density at radius 3 is 2.26 bits per heavy atom. The summed E-state index contributed by atoms with van der Waals surface area (Å²) in [5.74, 6) is 0.526. The van der Waals surface area contributed by atoms with E-state index in [0.717, 1.165) is 24.2 Å². The smallest absolute Gasteiger partial charge is 0.313 e. The van der Waals surface area contributed by atoms with Crippen LogP contribution in [0.4, 0.5) is 0 Å². The molecule has 3 heteroatoms. The molecule has 3 nitrogen and oxygen atoms in total. The SMILES string of the molecule is CCCC(C(=O)OCC)c1ccc(OC(C)C)cc1. The Labute approximate surface area is 115 Å². The second kappa shape index (κ2) is 7.82. The van der Waals surface area contributed by atoms with Gasteiger partial charge in [-0.2, -0.15) is 0 Å². The molecule has 0 radical (unpaired) electrons. The molecule has 0 amide bonds. The topological polar surface area (TPSA) is 35.5 Å². The lowest BCUT2D eigenvalue weighted by Crippen LogP contribution is -2.16. The molecular formula is C16H24O3. The number of esters is 1. The van der Waals surface area contributed by atoms with Crippen molar-refractivity contribution >= 4 is 5.97 Å². The van der Waals surface area contributed by atoms with Crippen molar-refractivity contribution in [3.63, 3.8) is 0 Å². The Morgan fingerprint density at radius 2 is 1.79 bits per heavy atom. The average molecular weight is 264 g/mol. The molecule has 0 bridgehead atoms. The molecule has 0 N–H and O–H groups in total. The van der Waals surface area contributed by atoms with Gasteiger partial charge in [0.1, 0.15) is 5.75 Å². The molecule has 0 aliphatic carbocycles. The number of ether oxygens (including phenoxy) is 2. The van der Waals surface area contributed by atoms with Crippen molar-refractivity contribution in [1.82, 2.24) is 0 Å². The van der Waals surface area contributed by atoms with Crippen LogP contribution in [-0.4, -0.2) is 18.7 Å². The first-order valence-electron chi connectivity index (χ1n) is 7.01. The third-order valence-corrected chi connectivity index (χ3v) is 2.80. The number of benzene rings is 1. The van der Waals surface area contributed by atoms with Crippen molar-refractivity contribution < 1.29 is 14.3 Å². The molecule has 1 rings (SSSR count). The Bertz CT molecular complexity index is 381. The first-order valence-corrected chi connectivity index (χ1v) is 7.01. The van der Waals surface area contributed by atoms with Crippen LogP contribution in [0.25, 0.3) is 0 Å². The summed E-state index contributed by atoms with van der Waals surface area (Å²) in [6.07, 6.45) is 1.92. The van der Waals surface area contributed by atoms with Gasteiger partial charge in [0.2, 0.25) is 0 Å². The maximum atomic E-state index is 11.9. The first kappa shape index (κ1) is 15.5. The predicted octanol–water partition coefficient (Wildman–Crippen LogP) is 3.92. The zero-order chi connectivity index (χ0) is 14.3. The van der Waals surface area contributed by atoms with E-state index in [-0.39, 0.29) is 18.0 Å². The minimum Gasteiger partial charge on any atom is -0.491 e. The minimum absolute atomic E-state index is 0.137. The van der Waals surface area contributed by atoms with Crippen molar-refractivity contribution in [1.29, 1.82) is 0 Å². The number of carbonyl (C=O) groups is 1. The van der Waals surface area contributed by atoms with Crippen LogP contribution in [-0.2, 0) is 9.53 Å². The molecule has 1 aromatic carbocycles. The van der Waals surface area contributed by atoms with Gasteiger partial charge >= 0.3 is 5.97 Å². The Morgan fingerprint density at radius 1 is 1.16 bits per heavy atom. The van der Waals surface area contributed by atoms with Crippen LogP contribution in [0.1, 0.15) is 52.0 Å². The van der Waals surface area contributed by atoms with Crippen LogP contribution in [0.3, 0.4) is 0 Å². The highest BCUT2D eigenvalue weighted by Crippen LogP contribution is 2.25. The Kier molecular flexibility index (Phi) is 6.40. The molecule has 1 aromatic rings. The number of rotatable bonds is 7. The summed E-state index contributed by atoms with van der Waals surface area (Å²) >= 11 is 0. The zero-order valence-corrected chi connectivity index (χ0v) is 12.3. The third kappa shape index (κ3) is 4.93. The predicted molar refractivity (Wildman–Crippen MR) is 76.5 cm³/mol. The molecule has 1 atom stereocenters. The number of hydrogen-bond donors (Lipinski definition) is 0. The lowest BCUT2D eigenvalue weighted by molar-refractivity contribution is -0.145. The molecule has 19 heavy (non-hydrogen) atoms. The number of carbonyl (C=O) groups excluding carboxylic acids is 1. The van der Waals surface area contributed by atoms with E-state index in [1.165, 1.54) is 0 Å². The van der Waals surface area contributed by atoms with Crippen molar-refractivity contribution in [2.45, 2.75) is 52.6 Å². The fraction of sp³-hybridized carbons (Fsp3) is 0.562. The largest absolute Gasteiger partial charge is 0.491 e. The average Bonchev–Trinajstić information content (AvgIpc) is 2.36. The fourth-order valence-corrected chi connectivity index (χ4v) is 2.00. The van der Waals surface area contributed by atoms with Crippen LogP contribution >= 0.6 is 0 Å². The van der Waals surface area contributed by atoms with Gasteiger partial charge in [0.05, 0.1) is 18.6 Å². The fourth-order valence-electron chi connectivity index (χ4n) is 2.00. The molecular weight excluding hydrogens is 240 g/mol. The third-order valence-electron chi connectivity index (χ3n) is 2.80. The molecule has 1 unspecified atom stereocenters. The molecule has 0 aliphatic heterocycles. The highest BCUT2D eigenvalue weighted by Gasteiger charge is 2.20. The monoisotopic (exact) mass is 264 g/mol. The van der Waals surface area contributed by atoms with E-state index >= 15 is 0 Å². The van der Waals surface area contributed by atoms with Gasteiger partial charge in [-0.3, -0.25) is 4.79 Å². The van der Waals surface area contributed by atoms with Crippen molar-refractivity contribution in [2.75, 3.05) is 6.61 Å². The summed E-state index contributed by atoms with van der Waals surface area (Å²) in [4.78, 5) is 11.9. The summed E-state index contributed by atoms with van der Waals surface area (Å²) in [7, 11) is 0. The van der Waals surface area contributed by atoms with Gasteiger partial charge in [-0.15, -0.1) is 0 Å².